The fourth-order valence-electron chi connectivity index (χ4n) is 1.91. The molecule has 1 rings (SSSR count). The third-order valence-corrected chi connectivity index (χ3v) is 3.45. The predicted molar refractivity (Wildman–Crippen MR) is 85.9 cm³/mol. The summed E-state index contributed by atoms with van der Waals surface area (Å²) in [5.74, 6) is -0.193. The second kappa shape index (κ2) is 8.64. The highest BCUT2D eigenvalue weighted by molar-refractivity contribution is 6.34. The summed E-state index contributed by atoms with van der Waals surface area (Å²) in [6, 6.07) is 4.95. The Hall–Kier alpha value is -1.59. The smallest absolute Gasteiger partial charge is 0.255 e. The largest absolute Gasteiger partial charge is 0.339 e. The number of anilines is 1. The van der Waals surface area contributed by atoms with Crippen LogP contribution in [-0.2, 0) is 4.79 Å². The van der Waals surface area contributed by atoms with Crippen molar-refractivity contribution in [1.82, 2.24) is 10.2 Å². The van der Waals surface area contributed by atoms with Gasteiger partial charge in [-0.15, -0.1) is 0 Å². The predicted octanol–water partition coefficient (Wildman–Crippen LogP) is 2.37. The quantitative estimate of drug-likeness (QED) is 0.812. The molecule has 0 bridgehead atoms. The minimum atomic E-state index is -0.0990. The molecular weight excluding hydrogens is 290 g/mol. The number of nitrogens with zero attached hydrogens (tertiary/aromatic N) is 1. The fourth-order valence-corrected chi connectivity index (χ4v) is 2.17. The van der Waals surface area contributed by atoms with Gasteiger partial charge in [-0.05, 0) is 39.1 Å². The average Bonchev–Trinajstić information content (AvgIpc) is 2.46. The van der Waals surface area contributed by atoms with Gasteiger partial charge in [0.05, 0.1) is 10.6 Å². The van der Waals surface area contributed by atoms with Gasteiger partial charge in [-0.2, -0.15) is 0 Å². The van der Waals surface area contributed by atoms with Crippen molar-refractivity contribution in [3.8, 4) is 0 Å². The summed E-state index contributed by atoms with van der Waals surface area (Å²) >= 11 is 6.16. The van der Waals surface area contributed by atoms with Gasteiger partial charge in [0.25, 0.3) is 5.91 Å². The SMILES string of the molecule is CCN(CC)C(=O)c1ccc(NC(=O)CCNC)cc1Cl. The van der Waals surface area contributed by atoms with Crippen molar-refractivity contribution in [3.05, 3.63) is 28.8 Å². The molecule has 2 N–H and O–H groups in total. The third-order valence-electron chi connectivity index (χ3n) is 3.14. The zero-order chi connectivity index (χ0) is 15.8. The zero-order valence-electron chi connectivity index (χ0n) is 12.7. The molecule has 1 aromatic carbocycles. The molecule has 0 aliphatic rings. The number of carbonyl (C=O) groups excluding carboxylic acids is 2. The monoisotopic (exact) mass is 311 g/mol. The van der Waals surface area contributed by atoms with E-state index in [1.54, 1.807) is 30.1 Å². The Labute approximate surface area is 130 Å². The maximum absolute atomic E-state index is 12.2. The van der Waals surface area contributed by atoms with Crippen molar-refractivity contribution >= 4 is 29.1 Å². The van der Waals surface area contributed by atoms with Gasteiger partial charge in [-0.1, -0.05) is 11.6 Å². The van der Waals surface area contributed by atoms with Crippen LogP contribution in [0.2, 0.25) is 5.02 Å². The lowest BCUT2D eigenvalue weighted by atomic mass is 10.1. The Bertz CT molecular complexity index is 502. The molecule has 21 heavy (non-hydrogen) atoms. The maximum atomic E-state index is 12.2. The standard InChI is InChI=1S/C15H22ClN3O2/c1-4-19(5-2)15(21)12-7-6-11(10-13(12)16)18-14(20)8-9-17-3/h6-7,10,17H,4-5,8-9H2,1-3H3,(H,18,20). The van der Waals surface area contributed by atoms with E-state index in [2.05, 4.69) is 10.6 Å². The molecule has 116 valence electrons. The van der Waals surface area contributed by atoms with Crippen LogP contribution in [-0.4, -0.2) is 43.4 Å². The summed E-state index contributed by atoms with van der Waals surface area (Å²) in [6.45, 7) is 5.72. The summed E-state index contributed by atoms with van der Waals surface area (Å²) < 4.78 is 0. The number of rotatable bonds is 7. The molecule has 0 atom stereocenters. The minimum absolute atomic E-state index is 0.0942. The van der Waals surface area contributed by atoms with Crippen molar-refractivity contribution in [2.75, 3.05) is 32.0 Å². The van der Waals surface area contributed by atoms with Crippen LogP contribution in [0.4, 0.5) is 5.69 Å². The highest BCUT2D eigenvalue weighted by Gasteiger charge is 2.16. The van der Waals surface area contributed by atoms with Crippen molar-refractivity contribution in [2.45, 2.75) is 20.3 Å². The molecule has 5 nitrogen and oxygen atoms in total. The summed E-state index contributed by atoms with van der Waals surface area (Å²) in [5, 5.41) is 6.01. The molecule has 6 heteroatoms. The van der Waals surface area contributed by atoms with Crippen LogP contribution < -0.4 is 10.6 Å². The van der Waals surface area contributed by atoms with Crippen molar-refractivity contribution < 1.29 is 9.59 Å². The number of nitrogens with one attached hydrogen (secondary N) is 2. The van der Waals surface area contributed by atoms with E-state index in [0.29, 0.717) is 42.3 Å². The number of amides is 2. The van der Waals surface area contributed by atoms with Crippen molar-refractivity contribution in [3.63, 3.8) is 0 Å². The highest BCUT2D eigenvalue weighted by Crippen LogP contribution is 2.22. The molecule has 2 amide bonds. The zero-order valence-corrected chi connectivity index (χ0v) is 13.5. The van der Waals surface area contributed by atoms with Crippen LogP contribution in [0.25, 0.3) is 0 Å². The molecule has 0 aliphatic carbocycles. The molecule has 0 radical (unpaired) electrons. The van der Waals surface area contributed by atoms with Gasteiger partial charge in [0, 0.05) is 31.7 Å². The van der Waals surface area contributed by atoms with E-state index in [-0.39, 0.29) is 11.8 Å². The minimum Gasteiger partial charge on any atom is -0.339 e. The first-order chi connectivity index (χ1) is 10.0. The van der Waals surface area contributed by atoms with E-state index < -0.39 is 0 Å². The van der Waals surface area contributed by atoms with Crippen LogP contribution in [0.3, 0.4) is 0 Å². The van der Waals surface area contributed by atoms with E-state index in [1.807, 2.05) is 13.8 Å². The number of hydrogen-bond acceptors (Lipinski definition) is 3. The normalized spacial score (nSPS) is 10.3. The van der Waals surface area contributed by atoms with E-state index >= 15 is 0 Å². The molecule has 0 saturated heterocycles. The van der Waals surface area contributed by atoms with Gasteiger partial charge in [0.15, 0.2) is 0 Å². The molecule has 0 aliphatic heterocycles. The fraction of sp³-hybridized carbons (Fsp3) is 0.467. The van der Waals surface area contributed by atoms with E-state index in [4.69, 9.17) is 11.6 Å². The maximum Gasteiger partial charge on any atom is 0.255 e. The Morgan fingerprint density at radius 1 is 1.24 bits per heavy atom. The number of hydrogen-bond donors (Lipinski definition) is 2. The van der Waals surface area contributed by atoms with E-state index in [1.165, 1.54) is 0 Å². The Morgan fingerprint density at radius 2 is 1.90 bits per heavy atom. The lowest BCUT2D eigenvalue weighted by Gasteiger charge is -2.19. The lowest BCUT2D eigenvalue weighted by molar-refractivity contribution is -0.116. The average molecular weight is 312 g/mol. The first kappa shape index (κ1) is 17.5. The molecule has 0 aromatic heterocycles. The van der Waals surface area contributed by atoms with Crippen molar-refractivity contribution in [1.29, 1.82) is 0 Å². The first-order valence-electron chi connectivity index (χ1n) is 7.06. The van der Waals surface area contributed by atoms with Crippen LogP contribution in [0.1, 0.15) is 30.6 Å². The van der Waals surface area contributed by atoms with Gasteiger partial charge in [-0.25, -0.2) is 0 Å². The van der Waals surface area contributed by atoms with Crippen LogP contribution >= 0.6 is 11.6 Å². The number of benzene rings is 1. The summed E-state index contributed by atoms with van der Waals surface area (Å²) in [7, 11) is 1.79. The second-order valence-corrected chi connectivity index (χ2v) is 4.98. The van der Waals surface area contributed by atoms with Gasteiger partial charge in [-0.3, -0.25) is 9.59 Å². The van der Waals surface area contributed by atoms with Crippen LogP contribution in [0, 0.1) is 0 Å². The molecule has 1 aromatic rings. The molecule has 0 spiro atoms. The van der Waals surface area contributed by atoms with Gasteiger partial charge in [0.1, 0.15) is 0 Å². The van der Waals surface area contributed by atoms with Crippen LogP contribution in [0.15, 0.2) is 18.2 Å². The van der Waals surface area contributed by atoms with Crippen LogP contribution in [0.5, 0.6) is 0 Å². The third kappa shape index (κ3) is 5.02. The topological polar surface area (TPSA) is 61.4 Å². The van der Waals surface area contributed by atoms with Gasteiger partial charge < -0.3 is 15.5 Å². The number of halogens is 1. The van der Waals surface area contributed by atoms with E-state index in [9.17, 15) is 9.59 Å². The summed E-state index contributed by atoms with van der Waals surface area (Å²) in [6.07, 6.45) is 0.383. The highest BCUT2D eigenvalue weighted by atomic mass is 35.5. The Kier molecular flexibility index (Phi) is 7.19. The second-order valence-electron chi connectivity index (χ2n) is 4.57. The van der Waals surface area contributed by atoms with E-state index in [0.717, 1.165) is 0 Å². The summed E-state index contributed by atoms with van der Waals surface area (Å²) in [5.41, 5.74) is 1.05. The molecule has 0 unspecified atom stereocenters. The molecular formula is C15H22ClN3O2. The van der Waals surface area contributed by atoms with Crippen molar-refractivity contribution in [2.24, 2.45) is 0 Å². The lowest BCUT2D eigenvalue weighted by Crippen LogP contribution is -2.30. The van der Waals surface area contributed by atoms with Gasteiger partial charge in [0.2, 0.25) is 5.91 Å². The molecule has 0 saturated carbocycles. The first-order valence-corrected chi connectivity index (χ1v) is 7.44. The van der Waals surface area contributed by atoms with Gasteiger partial charge >= 0.3 is 0 Å². The molecule has 0 fully saturated rings. The number of carbonyl (C=O) groups is 2. The molecule has 0 heterocycles. The Balaban J connectivity index is 2.80. The summed E-state index contributed by atoms with van der Waals surface area (Å²) in [4.78, 5) is 25.6. The Morgan fingerprint density at radius 3 is 2.43 bits per heavy atom.